The highest BCUT2D eigenvalue weighted by Gasteiger charge is 2.29. The van der Waals surface area contributed by atoms with Crippen LogP contribution < -0.4 is 0 Å². The number of nitrogens with zero attached hydrogens (tertiary/aromatic N) is 1. The summed E-state index contributed by atoms with van der Waals surface area (Å²) in [5.41, 5.74) is -0.566. The summed E-state index contributed by atoms with van der Waals surface area (Å²) < 4.78 is 37.0. The summed E-state index contributed by atoms with van der Waals surface area (Å²) in [6.45, 7) is 1.80. The van der Waals surface area contributed by atoms with Gasteiger partial charge in [0.05, 0.1) is 0 Å². The topological polar surface area (TPSA) is 3.24 Å². The van der Waals surface area contributed by atoms with Crippen molar-refractivity contribution in [1.29, 1.82) is 0 Å². The van der Waals surface area contributed by atoms with Crippen molar-refractivity contribution in [3.05, 3.63) is 12.1 Å². The van der Waals surface area contributed by atoms with Crippen LogP contribution in [-0.2, 0) is 0 Å². The largest absolute Gasteiger partial charge is 0.506 e. The van der Waals surface area contributed by atoms with Gasteiger partial charge in [0.25, 0.3) is 0 Å². The van der Waals surface area contributed by atoms with Gasteiger partial charge in [-0.05, 0) is 38.3 Å². The third-order valence-corrected chi connectivity index (χ3v) is 2.64. The Labute approximate surface area is 89.4 Å². The summed E-state index contributed by atoms with van der Waals surface area (Å²) in [5, 5.41) is 0. The molecule has 1 saturated carbocycles. The molecule has 1 rings (SSSR count). The number of rotatable bonds is 7. The van der Waals surface area contributed by atoms with Gasteiger partial charge in [0.15, 0.2) is 0 Å². The average molecular weight is 220 g/mol. The summed E-state index contributed by atoms with van der Waals surface area (Å²) in [7, 11) is 0. The van der Waals surface area contributed by atoms with E-state index in [1.54, 1.807) is 0 Å². The van der Waals surface area contributed by atoms with E-state index in [1.807, 2.05) is 11.8 Å². The molecule has 1 aliphatic rings. The highest BCUT2D eigenvalue weighted by molar-refractivity contribution is 6.66. The lowest BCUT2D eigenvalue weighted by Gasteiger charge is -2.27. The first-order valence-electron chi connectivity index (χ1n) is 5.53. The minimum Gasteiger partial charge on any atom is -0.445 e. The van der Waals surface area contributed by atoms with E-state index in [-0.39, 0.29) is 6.54 Å². The molecule has 0 aromatic heterocycles. The standard InChI is InChI=1S/C10H18BF3N/c1-3-6-15(8-10-4-5-10)7-9(2)11(12,13)14/h10H,2-8H2,1H3/q-1. The molecular formula is C10H18BF3N-. The van der Waals surface area contributed by atoms with Crippen LogP contribution in [0.5, 0.6) is 0 Å². The zero-order chi connectivity index (χ0) is 11.5. The molecule has 0 heterocycles. The Hall–Kier alpha value is -0.445. The lowest BCUT2D eigenvalue weighted by atomic mass is 9.80. The molecular weight excluding hydrogens is 202 g/mol. The first-order valence-corrected chi connectivity index (χ1v) is 5.53. The molecule has 0 unspecified atom stereocenters. The fourth-order valence-corrected chi connectivity index (χ4v) is 1.61. The van der Waals surface area contributed by atoms with Gasteiger partial charge >= 0.3 is 6.98 Å². The van der Waals surface area contributed by atoms with E-state index in [2.05, 4.69) is 6.58 Å². The van der Waals surface area contributed by atoms with Crippen molar-refractivity contribution < 1.29 is 12.9 Å². The van der Waals surface area contributed by atoms with Crippen molar-refractivity contribution in [3.63, 3.8) is 0 Å². The Morgan fingerprint density at radius 1 is 1.40 bits per heavy atom. The van der Waals surface area contributed by atoms with Crippen molar-refractivity contribution >= 4 is 6.98 Å². The Morgan fingerprint density at radius 3 is 2.40 bits per heavy atom. The Morgan fingerprint density at radius 2 is 2.00 bits per heavy atom. The van der Waals surface area contributed by atoms with Gasteiger partial charge in [-0.25, -0.2) is 0 Å². The molecule has 0 spiro atoms. The second kappa shape index (κ2) is 5.06. The maximum absolute atomic E-state index is 12.3. The van der Waals surface area contributed by atoms with E-state index in [0.717, 1.165) is 19.5 Å². The molecule has 88 valence electrons. The number of hydrogen-bond donors (Lipinski definition) is 0. The van der Waals surface area contributed by atoms with E-state index >= 15 is 0 Å². The molecule has 0 aromatic rings. The van der Waals surface area contributed by atoms with Crippen LogP contribution in [0.2, 0.25) is 0 Å². The van der Waals surface area contributed by atoms with Crippen molar-refractivity contribution in [2.45, 2.75) is 26.2 Å². The Bertz CT molecular complexity index is 223. The Balaban J connectivity index is 2.38. The van der Waals surface area contributed by atoms with Crippen molar-refractivity contribution in [1.82, 2.24) is 4.90 Å². The van der Waals surface area contributed by atoms with Crippen LogP contribution in [-0.4, -0.2) is 31.5 Å². The zero-order valence-electron chi connectivity index (χ0n) is 9.19. The maximum atomic E-state index is 12.3. The van der Waals surface area contributed by atoms with Gasteiger partial charge in [-0.2, -0.15) is 0 Å². The molecule has 0 saturated heterocycles. The van der Waals surface area contributed by atoms with Gasteiger partial charge in [0.1, 0.15) is 0 Å². The van der Waals surface area contributed by atoms with Crippen molar-refractivity contribution in [2.75, 3.05) is 19.6 Å². The molecule has 0 amide bonds. The first kappa shape index (κ1) is 12.6. The minimum atomic E-state index is -4.86. The minimum absolute atomic E-state index is 0.00611. The number of hydrogen-bond acceptors (Lipinski definition) is 1. The van der Waals surface area contributed by atoms with Crippen LogP contribution in [0.3, 0.4) is 0 Å². The average Bonchev–Trinajstić information content (AvgIpc) is 2.86. The van der Waals surface area contributed by atoms with E-state index in [1.165, 1.54) is 12.8 Å². The van der Waals surface area contributed by atoms with Crippen LogP contribution in [0.15, 0.2) is 12.1 Å². The van der Waals surface area contributed by atoms with Gasteiger partial charge in [-0.3, -0.25) is 0 Å². The molecule has 0 bridgehead atoms. The second-order valence-electron chi connectivity index (χ2n) is 4.41. The molecule has 0 radical (unpaired) electrons. The monoisotopic (exact) mass is 220 g/mol. The van der Waals surface area contributed by atoms with Gasteiger partial charge in [0.2, 0.25) is 0 Å². The second-order valence-corrected chi connectivity index (χ2v) is 4.41. The molecule has 0 aromatic carbocycles. The van der Waals surface area contributed by atoms with Gasteiger partial charge in [-0.15, -0.1) is 12.1 Å². The molecule has 1 aliphatic carbocycles. The summed E-state index contributed by atoms with van der Waals surface area (Å²) in [6, 6.07) is 0. The fraction of sp³-hybridized carbons (Fsp3) is 0.800. The first-order chi connectivity index (χ1) is 6.93. The normalized spacial score (nSPS) is 17.1. The van der Waals surface area contributed by atoms with Gasteiger partial charge in [0, 0.05) is 6.54 Å². The van der Waals surface area contributed by atoms with Crippen LogP contribution in [0.1, 0.15) is 26.2 Å². The summed E-state index contributed by atoms with van der Waals surface area (Å²) in [6.07, 6.45) is 3.23. The van der Waals surface area contributed by atoms with Crippen LogP contribution in [0, 0.1) is 5.92 Å². The van der Waals surface area contributed by atoms with Crippen LogP contribution >= 0.6 is 0 Å². The van der Waals surface area contributed by atoms with Crippen molar-refractivity contribution in [3.8, 4) is 0 Å². The van der Waals surface area contributed by atoms with E-state index in [9.17, 15) is 12.9 Å². The van der Waals surface area contributed by atoms with Crippen molar-refractivity contribution in [2.24, 2.45) is 5.92 Å². The molecule has 0 atom stereocenters. The van der Waals surface area contributed by atoms with E-state index in [0.29, 0.717) is 5.92 Å². The SMILES string of the molecule is C=C(CN(CCC)CC1CC1)[B-](F)(F)F. The summed E-state index contributed by atoms with van der Waals surface area (Å²) >= 11 is 0. The zero-order valence-corrected chi connectivity index (χ0v) is 9.19. The Kier molecular flexibility index (Phi) is 4.26. The number of halogens is 3. The predicted molar refractivity (Wildman–Crippen MR) is 57.7 cm³/mol. The third-order valence-electron chi connectivity index (χ3n) is 2.64. The molecule has 1 fully saturated rings. The molecule has 0 N–H and O–H groups in total. The maximum Gasteiger partial charge on any atom is 0.506 e. The van der Waals surface area contributed by atoms with Gasteiger partial charge < -0.3 is 17.8 Å². The quantitative estimate of drug-likeness (QED) is 0.596. The summed E-state index contributed by atoms with van der Waals surface area (Å²) in [4.78, 5) is 1.88. The predicted octanol–water partition coefficient (Wildman–Crippen LogP) is 3.05. The fourth-order valence-electron chi connectivity index (χ4n) is 1.61. The lowest BCUT2D eigenvalue weighted by Crippen LogP contribution is -2.34. The van der Waals surface area contributed by atoms with Gasteiger partial charge in [-0.1, -0.05) is 6.92 Å². The smallest absolute Gasteiger partial charge is 0.445 e. The van der Waals surface area contributed by atoms with Crippen LogP contribution in [0.4, 0.5) is 12.9 Å². The highest BCUT2D eigenvalue weighted by Crippen LogP contribution is 2.30. The molecule has 1 nitrogen and oxygen atoms in total. The molecule has 5 heteroatoms. The third kappa shape index (κ3) is 4.73. The summed E-state index contributed by atoms with van der Waals surface area (Å²) in [5.74, 6) is 0.630. The lowest BCUT2D eigenvalue weighted by molar-refractivity contribution is 0.283. The van der Waals surface area contributed by atoms with E-state index in [4.69, 9.17) is 0 Å². The molecule has 15 heavy (non-hydrogen) atoms. The van der Waals surface area contributed by atoms with E-state index < -0.39 is 12.4 Å². The highest BCUT2D eigenvalue weighted by atomic mass is 19.4. The molecule has 0 aliphatic heterocycles. The van der Waals surface area contributed by atoms with Crippen LogP contribution in [0.25, 0.3) is 0 Å².